The van der Waals surface area contributed by atoms with Crippen LogP contribution < -0.4 is 11.1 Å². The summed E-state index contributed by atoms with van der Waals surface area (Å²) in [5.41, 5.74) is 5.37. The summed E-state index contributed by atoms with van der Waals surface area (Å²) in [6.07, 6.45) is 43.6. The van der Waals surface area contributed by atoms with Crippen molar-refractivity contribution in [3.8, 4) is 0 Å². The number of aliphatic hydroxyl groups excluding tert-OH is 2. The molecule has 0 saturated carbocycles. The van der Waals surface area contributed by atoms with Crippen LogP contribution in [0, 0.1) is 0 Å². The number of rotatable bonds is 43. The SMILES string of the molecule is CCCCC/C=C\C/C=C\CCCCCCCC(O)CC(=O)NC(COP(=O)(O)OCCN)C(O)CCCCCCCCCCCCCCCCCCCC. The Balaban J connectivity index is 4.25. The molecule has 55 heavy (non-hydrogen) atoms. The smallest absolute Gasteiger partial charge is 0.393 e. The minimum atomic E-state index is -4.38. The summed E-state index contributed by atoms with van der Waals surface area (Å²) in [5.74, 6) is -0.420. The number of unbranched alkanes of at least 4 members (excludes halogenated alkanes) is 25. The van der Waals surface area contributed by atoms with Gasteiger partial charge in [0.15, 0.2) is 0 Å². The number of hydrogen-bond donors (Lipinski definition) is 5. The molecule has 1 amide bonds. The summed E-state index contributed by atoms with van der Waals surface area (Å²) >= 11 is 0. The Morgan fingerprint density at radius 2 is 1.04 bits per heavy atom. The fraction of sp³-hybridized carbons (Fsp3) is 0.889. The van der Waals surface area contributed by atoms with Crippen molar-refractivity contribution < 1.29 is 33.5 Å². The molecule has 0 bridgehead atoms. The summed E-state index contributed by atoms with van der Waals surface area (Å²) in [4.78, 5) is 22.8. The first-order valence-electron chi connectivity index (χ1n) is 23.0. The number of nitrogens with one attached hydrogen (secondary N) is 1. The predicted molar refractivity (Wildman–Crippen MR) is 232 cm³/mol. The molecule has 0 aromatic carbocycles. The third kappa shape index (κ3) is 39.5. The van der Waals surface area contributed by atoms with Crippen LogP contribution in [-0.2, 0) is 18.4 Å². The fourth-order valence-corrected chi connectivity index (χ4v) is 7.62. The summed E-state index contributed by atoms with van der Waals surface area (Å²) in [6.45, 7) is 4.03. The zero-order valence-electron chi connectivity index (χ0n) is 35.8. The molecule has 0 saturated heterocycles. The third-order valence-corrected chi connectivity index (χ3v) is 11.3. The minimum absolute atomic E-state index is 0.0582. The second-order valence-electron chi connectivity index (χ2n) is 15.8. The number of carbonyl (C=O) groups excluding carboxylic acids is 1. The Morgan fingerprint density at radius 3 is 1.53 bits per heavy atom. The van der Waals surface area contributed by atoms with Gasteiger partial charge < -0.3 is 26.2 Å². The topological polar surface area (TPSA) is 151 Å². The van der Waals surface area contributed by atoms with E-state index < -0.39 is 32.0 Å². The second kappa shape index (κ2) is 41.1. The van der Waals surface area contributed by atoms with Crippen molar-refractivity contribution in [2.24, 2.45) is 5.73 Å². The monoisotopic (exact) mass is 801 g/mol. The average molecular weight is 801 g/mol. The first-order chi connectivity index (χ1) is 26.8. The van der Waals surface area contributed by atoms with E-state index in [4.69, 9.17) is 14.8 Å². The predicted octanol–water partition coefficient (Wildman–Crippen LogP) is 11.9. The molecular weight excluding hydrogens is 711 g/mol. The lowest BCUT2D eigenvalue weighted by molar-refractivity contribution is -0.125. The van der Waals surface area contributed by atoms with E-state index in [9.17, 15) is 24.5 Å². The van der Waals surface area contributed by atoms with Crippen LogP contribution in [0.4, 0.5) is 0 Å². The van der Waals surface area contributed by atoms with Gasteiger partial charge in [0.05, 0.1) is 37.9 Å². The Morgan fingerprint density at radius 1 is 0.618 bits per heavy atom. The van der Waals surface area contributed by atoms with E-state index in [-0.39, 0.29) is 26.2 Å². The van der Waals surface area contributed by atoms with E-state index in [2.05, 4.69) is 43.5 Å². The highest BCUT2D eigenvalue weighted by atomic mass is 31.2. The van der Waals surface area contributed by atoms with Crippen molar-refractivity contribution in [3.63, 3.8) is 0 Å². The second-order valence-corrected chi connectivity index (χ2v) is 17.3. The summed E-state index contributed by atoms with van der Waals surface area (Å²) in [6, 6.07) is -0.900. The molecule has 6 N–H and O–H groups in total. The highest BCUT2D eigenvalue weighted by Crippen LogP contribution is 2.43. The zero-order chi connectivity index (χ0) is 40.5. The van der Waals surface area contributed by atoms with Gasteiger partial charge in [-0.15, -0.1) is 0 Å². The van der Waals surface area contributed by atoms with Gasteiger partial charge in [-0.2, -0.15) is 0 Å². The maximum Gasteiger partial charge on any atom is 0.472 e. The molecule has 0 aliphatic rings. The molecule has 10 heteroatoms. The molecule has 326 valence electrons. The fourth-order valence-electron chi connectivity index (χ4n) is 6.86. The summed E-state index contributed by atoms with van der Waals surface area (Å²) in [7, 11) is -4.38. The van der Waals surface area contributed by atoms with Crippen molar-refractivity contribution in [2.75, 3.05) is 19.8 Å². The average Bonchev–Trinajstić information content (AvgIpc) is 3.16. The molecule has 0 aromatic rings. The summed E-state index contributed by atoms with van der Waals surface area (Å²) < 4.78 is 22.2. The molecule has 0 fully saturated rings. The Bertz CT molecular complexity index is 935. The van der Waals surface area contributed by atoms with E-state index in [0.29, 0.717) is 12.8 Å². The molecule has 0 aliphatic carbocycles. The van der Waals surface area contributed by atoms with E-state index in [1.54, 1.807) is 0 Å². The van der Waals surface area contributed by atoms with Gasteiger partial charge in [-0.1, -0.05) is 192 Å². The van der Waals surface area contributed by atoms with E-state index >= 15 is 0 Å². The van der Waals surface area contributed by atoms with Gasteiger partial charge in [-0.25, -0.2) is 4.57 Å². The zero-order valence-corrected chi connectivity index (χ0v) is 36.7. The molecular formula is C45H89N2O7P. The lowest BCUT2D eigenvalue weighted by Gasteiger charge is -2.25. The van der Waals surface area contributed by atoms with Gasteiger partial charge in [-0.05, 0) is 44.9 Å². The van der Waals surface area contributed by atoms with E-state index in [1.165, 1.54) is 122 Å². The molecule has 0 spiro atoms. The maximum atomic E-state index is 12.8. The minimum Gasteiger partial charge on any atom is -0.393 e. The number of amides is 1. The van der Waals surface area contributed by atoms with Crippen LogP contribution in [0.1, 0.15) is 219 Å². The first kappa shape index (κ1) is 53.9. The lowest BCUT2D eigenvalue weighted by Crippen LogP contribution is -2.47. The molecule has 0 radical (unpaired) electrons. The molecule has 0 aliphatic heterocycles. The molecule has 9 nitrogen and oxygen atoms in total. The number of allylic oxidation sites excluding steroid dienone is 4. The highest BCUT2D eigenvalue weighted by Gasteiger charge is 2.28. The molecule has 0 aromatic heterocycles. The van der Waals surface area contributed by atoms with Crippen LogP contribution in [-0.4, -0.2) is 59.0 Å². The van der Waals surface area contributed by atoms with Gasteiger partial charge in [-0.3, -0.25) is 13.8 Å². The quantitative estimate of drug-likeness (QED) is 0.0232. The Kier molecular flexibility index (Phi) is 40.3. The lowest BCUT2D eigenvalue weighted by atomic mass is 10.0. The van der Waals surface area contributed by atoms with Gasteiger partial charge >= 0.3 is 7.82 Å². The van der Waals surface area contributed by atoms with Crippen molar-refractivity contribution in [2.45, 2.75) is 238 Å². The van der Waals surface area contributed by atoms with Gasteiger partial charge in [0.2, 0.25) is 5.91 Å². The molecule has 4 unspecified atom stereocenters. The Labute approximate surface area is 339 Å². The Hall–Kier alpha value is -1.06. The van der Waals surface area contributed by atoms with E-state index in [1.807, 2.05) is 0 Å². The number of hydrogen-bond acceptors (Lipinski definition) is 7. The van der Waals surface area contributed by atoms with E-state index in [0.717, 1.165) is 64.2 Å². The van der Waals surface area contributed by atoms with Crippen LogP contribution in [0.5, 0.6) is 0 Å². The number of phosphoric ester groups is 1. The van der Waals surface area contributed by atoms with Crippen LogP contribution in [0.15, 0.2) is 24.3 Å². The van der Waals surface area contributed by atoms with Gasteiger partial charge in [0, 0.05) is 6.54 Å². The first-order valence-corrected chi connectivity index (χ1v) is 24.5. The molecule has 4 atom stereocenters. The van der Waals surface area contributed by atoms with Crippen molar-refractivity contribution in [1.29, 1.82) is 0 Å². The number of nitrogens with two attached hydrogens (primary N) is 1. The van der Waals surface area contributed by atoms with Crippen LogP contribution >= 0.6 is 7.82 Å². The van der Waals surface area contributed by atoms with Crippen LogP contribution in [0.25, 0.3) is 0 Å². The standard InChI is InChI=1S/C45H89N2O7P/c1-3-5-7-9-11-13-15-17-19-20-21-23-25-27-29-31-33-35-37-44(49)43(41-54-55(51,52)53-39-38-46)47-45(50)40-42(48)36-34-32-30-28-26-24-22-18-16-14-12-10-8-6-4-2/h12,14,18,22,42-44,48-49H,3-11,13,15-17,19-21,23-41,46H2,1-2H3,(H,47,50)(H,51,52)/b14-12-,22-18-. The third-order valence-electron chi connectivity index (χ3n) is 10.4. The van der Waals surface area contributed by atoms with Crippen LogP contribution in [0.2, 0.25) is 0 Å². The molecule has 0 rings (SSSR count). The number of aliphatic hydroxyl groups is 2. The largest absolute Gasteiger partial charge is 0.472 e. The number of phosphoric acid groups is 1. The normalized spacial score (nSPS) is 14.8. The highest BCUT2D eigenvalue weighted by molar-refractivity contribution is 7.47. The van der Waals surface area contributed by atoms with Gasteiger partial charge in [0.25, 0.3) is 0 Å². The van der Waals surface area contributed by atoms with Crippen LogP contribution in [0.3, 0.4) is 0 Å². The van der Waals surface area contributed by atoms with Crippen molar-refractivity contribution >= 4 is 13.7 Å². The number of carbonyl (C=O) groups is 1. The summed E-state index contributed by atoms with van der Waals surface area (Å²) in [5, 5.41) is 24.2. The van der Waals surface area contributed by atoms with Crippen molar-refractivity contribution in [1.82, 2.24) is 5.32 Å². The van der Waals surface area contributed by atoms with Gasteiger partial charge in [0.1, 0.15) is 0 Å². The molecule has 0 heterocycles. The van der Waals surface area contributed by atoms with Crippen molar-refractivity contribution in [3.05, 3.63) is 24.3 Å². The maximum absolute atomic E-state index is 12.8.